The number of carbonyl (C=O) groups is 2. The van der Waals surface area contributed by atoms with E-state index in [-0.39, 0.29) is 23.1 Å². The van der Waals surface area contributed by atoms with Gasteiger partial charge in [-0.2, -0.15) is 0 Å². The average molecular weight is 242 g/mol. The van der Waals surface area contributed by atoms with Gasteiger partial charge >= 0.3 is 0 Å². The van der Waals surface area contributed by atoms with E-state index in [9.17, 15) is 14.0 Å². The van der Waals surface area contributed by atoms with Crippen LogP contribution in [0.1, 0.15) is 22.3 Å². The summed E-state index contributed by atoms with van der Waals surface area (Å²) in [6, 6.07) is 2.44. The van der Waals surface area contributed by atoms with Crippen molar-refractivity contribution in [2.45, 2.75) is 12.8 Å². The fourth-order valence-corrected chi connectivity index (χ4v) is 1.89. The molecule has 0 radical (unpaired) electrons. The van der Waals surface area contributed by atoms with Crippen molar-refractivity contribution in [1.82, 2.24) is 0 Å². The SMILES string of the molecule is O=C1CCc2cc(F)cc(C(=O)CCl)c2N1. The van der Waals surface area contributed by atoms with Crippen LogP contribution in [0.25, 0.3) is 0 Å². The van der Waals surface area contributed by atoms with Gasteiger partial charge in [-0.25, -0.2) is 4.39 Å². The van der Waals surface area contributed by atoms with E-state index < -0.39 is 5.82 Å². The molecule has 0 saturated heterocycles. The fraction of sp³-hybridized carbons (Fsp3) is 0.273. The summed E-state index contributed by atoms with van der Waals surface area (Å²) in [6.45, 7) is 0. The predicted octanol–water partition coefficient (Wildman–Crippen LogP) is 2.13. The molecule has 1 amide bonds. The van der Waals surface area contributed by atoms with Gasteiger partial charge in [-0.15, -0.1) is 11.6 Å². The molecule has 84 valence electrons. The normalized spacial score (nSPS) is 14.2. The molecule has 0 aromatic heterocycles. The number of hydrogen-bond acceptors (Lipinski definition) is 2. The topological polar surface area (TPSA) is 46.2 Å². The van der Waals surface area contributed by atoms with Crippen molar-refractivity contribution in [2.24, 2.45) is 0 Å². The third kappa shape index (κ3) is 1.93. The van der Waals surface area contributed by atoms with Gasteiger partial charge in [0.05, 0.1) is 11.6 Å². The van der Waals surface area contributed by atoms with Crippen LogP contribution in [0, 0.1) is 5.82 Å². The third-order valence-electron chi connectivity index (χ3n) is 2.49. The lowest BCUT2D eigenvalue weighted by atomic mass is 9.97. The number of nitrogens with one attached hydrogen (secondary N) is 1. The number of fused-ring (bicyclic) bond motifs is 1. The molecular formula is C11H9ClFNO2. The molecule has 16 heavy (non-hydrogen) atoms. The Balaban J connectivity index is 2.55. The molecule has 3 nitrogen and oxygen atoms in total. The Kier molecular flexibility index (Phi) is 2.92. The first-order chi connectivity index (χ1) is 7.61. The lowest BCUT2D eigenvalue weighted by molar-refractivity contribution is -0.116. The van der Waals surface area contributed by atoms with Crippen LogP contribution >= 0.6 is 11.6 Å². The standard InChI is InChI=1S/C11H9ClFNO2/c12-5-9(15)8-4-7(13)3-6-1-2-10(16)14-11(6)8/h3-4H,1-2,5H2,(H,14,16). The van der Waals surface area contributed by atoms with E-state index in [2.05, 4.69) is 5.32 Å². The highest BCUT2D eigenvalue weighted by Gasteiger charge is 2.22. The molecule has 2 rings (SSSR count). The summed E-state index contributed by atoms with van der Waals surface area (Å²) in [4.78, 5) is 22.7. The molecule has 1 aliphatic heterocycles. The van der Waals surface area contributed by atoms with Crippen LogP contribution < -0.4 is 5.32 Å². The van der Waals surface area contributed by atoms with Crippen molar-refractivity contribution in [3.63, 3.8) is 0 Å². The van der Waals surface area contributed by atoms with Gasteiger partial charge < -0.3 is 5.32 Å². The van der Waals surface area contributed by atoms with Crippen LogP contribution in [0.15, 0.2) is 12.1 Å². The number of amides is 1. The number of alkyl halides is 1. The molecular weight excluding hydrogens is 233 g/mol. The van der Waals surface area contributed by atoms with Crippen LogP contribution in [0.4, 0.5) is 10.1 Å². The Morgan fingerprint density at radius 3 is 2.88 bits per heavy atom. The van der Waals surface area contributed by atoms with E-state index in [1.165, 1.54) is 6.07 Å². The molecule has 0 bridgehead atoms. The summed E-state index contributed by atoms with van der Waals surface area (Å²) in [5, 5.41) is 2.59. The van der Waals surface area contributed by atoms with Crippen molar-refractivity contribution >= 4 is 29.0 Å². The van der Waals surface area contributed by atoms with Gasteiger partial charge in [-0.05, 0) is 24.1 Å². The molecule has 0 fully saturated rings. The molecule has 0 aliphatic carbocycles. The summed E-state index contributed by atoms with van der Waals surface area (Å²) in [7, 11) is 0. The number of anilines is 1. The van der Waals surface area contributed by atoms with E-state index in [0.717, 1.165) is 6.07 Å². The van der Waals surface area contributed by atoms with Crippen molar-refractivity contribution in [3.8, 4) is 0 Å². The number of aryl methyl sites for hydroxylation is 1. The Hall–Kier alpha value is -1.42. The second-order valence-corrected chi connectivity index (χ2v) is 3.86. The van der Waals surface area contributed by atoms with E-state index in [0.29, 0.717) is 24.1 Å². The van der Waals surface area contributed by atoms with Gasteiger partial charge in [0.15, 0.2) is 5.78 Å². The van der Waals surface area contributed by atoms with Crippen LogP contribution in [0.2, 0.25) is 0 Å². The zero-order chi connectivity index (χ0) is 11.7. The highest BCUT2D eigenvalue weighted by atomic mass is 35.5. The zero-order valence-corrected chi connectivity index (χ0v) is 9.10. The fourth-order valence-electron chi connectivity index (χ4n) is 1.75. The molecule has 1 aromatic carbocycles. The van der Waals surface area contributed by atoms with Crippen LogP contribution in [0.3, 0.4) is 0 Å². The maximum Gasteiger partial charge on any atom is 0.224 e. The Morgan fingerprint density at radius 2 is 2.19 bits per heavy atom. The number of rotatable bonds is 2. The van der Waals surface area contributed by atoms with E-state index in [1.54, 1.807) is 0 Å². The summed E-state index contributed by atoms with van der Waals surface area (Å²) in [6.07, 6.45) is 0.756. The van der Waals surface area contributed by atoms with E-state index >= 15 is 0 Å². The molecule has 0 spiro atoms. The largest absolute Gasteiger partial charge is 0.325 e. The molecule has 1 aromatic rings. The minimum atomic E-state index is -0.483. The lowest BCUT2D eigenvalue weighted by Gasteiger charge is -2.19. The van der Waals surface area contributed by atoms with Crippen LogP contribution in [-0.2, 0) is 11.2 Å². The minimum Gasteiger partial charge on any atom is -0.325 e. The molecule has 1 heterocycles. The Bertz CT molecular complexity index is 473. The second kappa shape index (κ2) is 4.22. The van der Waals surface area contributed by atoms with Gasteiger partial charge in [0.25, 0.3) is 0 Å². The number of ketones is 1. The second-order valence-electron chi connectivity index (χ2n) is 3.59. The minimum absolute atomic E-state index is 0.151. The van der Waals surface area contributed by atoms with Gasteiger partial charge in [0.2, 0.25) is 5.91 Å². The monoisotopic (exact) mass is 241 g/mol. The number of benzene rings is 1. The van der Waals surface area contributed by atoms with Gasteiger partial charge in [0.1, 0.15) is 5.82 Å². The summed E-state index contributed by atoms with van der Waals surface area (Å²) >= 11 is 5.43. The first kappa shape index (κ1) is 11.1. The van der Waals surface area contributed by atoms with Crippen molar-refractivity contribution < 1.29 is 14.0 Å². The highest BCUT2D eigenvalue weighted by molar-refractivity contribution is 6.31. The van der Waals surface area contributed by atoms with Crippen molar-refractivity contribution in [1.29, 1.82) is 0 Å². The number of halogens is 2. The van der Waals surface area contributed by atoms with E-state index in [4.69, 9.17) is 11.6 Å². The predicted molar refractivity (Wildman–Crippen MR) is 58.4 cm³/mol. The summed E-state index contributed by atoms with van der Waals surface area (Å²) in [5.74, 6) is -1.27. The van der Waals surface area contributed by atoms with Crippen molar-refractivity contribution in [2.75, 3.05) is 11.2 Å². The number of hydrogen-bond donors (Lipinski definition) is 1. The average Bonchev–Trinajstić information content (AvgIpc) is 2.27. The van der Waals surface area contributed by atoms with Gasteiger partial charge in [-0.1, -0.05) is 0 Å². The smallest absolute Gasteiger partial charge is 0.224 e. The zero-order valence-electron chi connectivity index (χ0n) is 8.35. The van der Waals surface area contributed by atoms with Crippen LogP contribution in [0.5, 0.6) is 0 Å². The van der Waals surface area contributed by atoms with E-state index in [1.807, 2.05) is 0 Å². The maximum atomic E-state index is 13.2. The number of Topliss-reactive ketones (excluding diaryl/α,β-unsaturated/α-hetero) is 1. The van der Waals surface area contributed by atoms with Crippen LogP contribution in [-0.4, -0.2) is 17.6 Å². The van der Waals surface area contributed by atoms with Gasteiger partial charge in [-0.3, -0.25) is 9.59 Å². The third-order valence-corrected chi connectivity index (χ3v) is 2.74. The van der Waals surface area contributed by atoms with Gasteiger partial charge in [0, 0.05) is 12.0 Å². The first-order valence-corrected chi connectivity index (χ1v) is 5.36. The number of carbonyl (C=O) groups excluding carboxylic acids is 2. The quantitative estimate of drug-likeness (QED) is 0.637. The lowest BCUT2D eigenvalue weighted by Crippen LogP contribution is -2.22. The molecule has 1 aliphatic rings. The molecule has 5 heteroatoms. The Morgan fingerprint density at radius 1 is 1.44 bits per heavy atom. The Labute approximate surface area is 96.6 Å². The molecule has 0 unspecified atom stereocenters. The van der Waals surface area contributed by atoms with Crippen molar-refractivity contribution in [3.05, 3.63) is 29.1 Å². The summed E-state index contributed by atoms with van der Waals surface area (Å²) < 4.78 is 13.2. The highest BCUT2D eigenvalue weighted by Crippen LogP contribution is 2.28. The maximum absolute atomic E-state index is 13.2. The molecule has 0 saturated carbocycles. The molecule has 1 N–H and O–H groups in total. The molecule has 0 atom stereocenters. The summed E-state index contributed by atoms with van der Waals surface area (Å²) in [5.41, 5.74) is 1.20. The first-order valence-electron chi connectivity index (χ1n) is 4.83.